The quantitative estimate of drug-likeness (QED) is 0.729. The second-order valence-corrected chi connectivity index (χ2v) is 8.51. The van der Waals surface area contributed by atoms with Crippen LogP contribution in [-0.4, -0.2) is 52.6 Å². The summed E-state index contributed by atoms with van der Waals surface area (Å²) >= 11 is 0. The van der Waals surface area contributed by atoms with Crippen molar-refractivity contribution in [2.75, 3.05) is 33.4 Å². The summed E-state index contributed by atoms with van der Waals surface area (Å²) < 4.78 is 31.4. The molecular formula is C20H25N3O4S. The normalized spacial score (nSPS) is 15.3. The van der Waals surface area contributed by atoms with Crippen molar-refractivity contribution in [3.05, 3.63) is 65.2 Å². The van der Waals surface area contributed by atoms with Gasteiger partial charge in [0.25, 0.3) is 5.91 Å². The van der Waals surface area contributed by atoms with Gasteiger partial charge in [-0.15, -0.1) is 0 Å². The standard InChI is InChI=1S/C20H25N3O4S/c1-21-28(25,26)19-4-2-3-18(13-19)20(24)22-14-16-5-7-17(8-6-16)15-23-9-11-27-12-10-23/h2-8,13,21H,9-12,14-15H2,1H3,(H,22,24). The highest BCUT2D eigenvalue weighted by molar-refractivity contribution is 7.89. The van der Waals surface area contributed by atoms with Crippen LogP contribution < -0.4 is 10.0 Å². The number of ether oxygens (including phenoxy) is 1. The van der Waals surface area contributed by atoms with Gasteiger partial charge in [-0.05, 0) is 36.4 Å². The van der Waals surface area contributed by atoms with Crippen LogP contribution in [0.4, 0.5) is 0 Å². The summed E-state index contributed by atoms with van der Waals surface area (Å²) in [6.45, 7) is 4.71. The highest BCUT2D eigenvalue weighted by atomic mass is 32.2. The zero-order chi connectivity index (χ0) is 20.0. The molecule has 3 rings (SSSR count). The average Bonchev–Trinajstić information content (AvgIpc) is 2.74. The Labute approximate surface area is 165 Å². The molecule has 2 aromatic rings. The highest BCUT2D eigenvalue weighted by Gasteiger charge is 2.14. The van der Waals surface area contributed by atoms with Gasteiger partial charge in [0.2, 0.25) is 10.0 Å². The minimum atomic E-state index is -3.58. The SMILES string of the molecule is CNS(=O)(=O)c1cccc(C(=O)NCc2ccc(CN3CCOCC3)cc2)c1. The number of morpholine rings is 1. The Morgan fingerprint density at radius 3 is 2.43 bits per heavy atom. The van der Waals surface area contributed by atoms with Gasteiger partial charge in [-0.3, -0.25) is 9.69 Å². The molecule has 0 aliphatic carbocycles. The van der Waals surface area contributed by atoms with Crippen LogP contribution in [0.2, 0.25) is 0 Å². The first-order valence-corrected chi connectivity index (χ1v) is 10.7. The van der Waals surface area contributed by atoms with Crippen molar-refractivity contribution < 1.29 is 17.9 Å². The molecule has 8 heteroatoms. The third-order valence-electron chi connectivity index (χ3n) is 4.66. The Balaban J connectivity index is 1.56. The molecule has 2 aromatic carbocycles. The third kappa shape index (κ3) is 5.39. The maximum atomic E-state index is 12.4. The van der Waals surface area contributed by atoms with Crippen molar-refractivity contribution in [1.82, 2.24) is 14.9 Å². The Kier molecular flexibility index (Phi) is 6.79. The van der Waals surface area contributed by atoms with Crippen LogP contribution in [0.1, 0.15) is 21.5 Å². The number of carbonyl (C=O) groups is 1. The smallest absolute Gasteiger partial charge is 0.251 e. The summed E-state index contributed by atoms with van der Waals surface area (Å²) in [5.74, 6) is -0.314. The number of benzene rings is 2. The second kappa shape index (κ2) is 9.29. The predicted octanol–water partition coefficient (Wildman–Crippen LogP) is 1.36. The summed E-state index contributed by atoms with van der Waals surface area (Å²) in [4.78, 5) is 14.8. The van der Waals surface area contributed by atoms with E-state index in [1.165, 1.54) is 24.7 Å². The van der Waals surface area contributed by atoms with Gasteiger partial charge in [0.15, 0.2) is 0 Å². The fourth-order valence-corrected chi connectivity index (χ4v) is 3.76. The molecule has 150 valence electrons. The molecule has 1 aliphatic rings. The van der Waals surface area contributed by atoms with Crippen molar-refractivity contribution in [1.29, 1.82) is 0 Å². The number of hydrogen-bond donors (Lipinski definition) is 2. The first-order chi connectivity index (χ1) is 13.5. The summed E-state index contributed by atoms with van der Waals surface area (Å²) in [6.07, 6.45) is 0. The van der Waals surface area contributed by atoms with Crippen molar-refractivity contribution in [3.63, 3.8) is 0 Å². The number of nitrogens with one attached hydrogen (secondary N) is 2. The molecule has 1 fully saturated rings. The Morgan fingerprint density at radius 2 is 1.75 bits per heavy atom. The van der Waals surface area contributed by atoms with E-state index in [1.807, 2.05) is 12.1 Å². The lowest BCUT2D eigenvalue weighted by Gasteiger charge is -2.26. The number of rotatable bonds is 7. The molecule has 0 unspecified atom stereocenters. The monoisotopic (exact) mass is 403 g/mol. The summed E-state index contributed by atoms with van der Waals surface area (Å²) in [7, 11) is -2.24. The van der Waals surface area contributed by atoms with Crippen LogP contribution in [-0.2, 0) is 27.8 Å². The summed E-state index contributed by atoms with van der Waals surface area (Å²) in [5, 5.41) is 2.83. The van der Waals surface area contributed by atoms with Crippen LogP contribution >= 0.6 is 0 Å². The van der Waals surface area contributed by atoms with E-state index in [-0.39, 0.29) is 10.8 Å². The minimum absolute atomic E-state index is 0.0649. The van der Waals surface area contributed by atoms with Gasteiger partial charge in [-0.25, -0.2) is 13.1 Å². The molecule has 7 nitrogen and oxygen atoms in total. The van der Waals surface area contributed by atoms with Crippen molar-refractivity contribution in [2.45, 2.75) is 18.0 Å². The number of amides is 1. The Hall–Kier alpha value is -2.26. The van der Waals surface area contributed by atoms with E-state index in [9.17, 15) is 13.2 Å². The van der Waals surface area contributed by atoms with Gasteiger partial charge in [-0.1, -0.05) is 30.3 Å². The van der Waals surface area contributed by atoms with Crippen LogP contribution in [0.3, 0.4) is 0 Å². The zero-order valence-electron chi connectivity index (χ0n) is 15.8. The molecule has 0 aromatic heterocycles. The number of hydrogen-bond acceptors (Lipinski definition) is 5. The molecular weight excluding hydrogens is 378 g/mol. The number of carbonyl (C=O) groups excluding carboxylic acids is 1. The maximum Gasteiger partial charge on any atom is 0.251 e. The van der Waals surface area contributed by atoms with Crippen LogP contribution in [0.5, 0.6) is 0 Å². The molecule has 2 N–H and O–H groups in total. The molecule has 0 radical (unpaired) electrons. The fraction of sp³-hybridized carbons (Fsp3) is 0.350. The lowest BCUT2D eigenvalue weighted by Crippen LogP contribution is -2.35. The molecule has 0 spiro atoms. The highest BCUT2D eigenvalue weighted by Crippen LogP contribution is 2.12. The maximum absolute atomic E-state index is 12.4. The molecule has 0 bridgehead atoms. The summed E-state index contributed by atoms with van der Waals surface area (Å²) in [5.41, 5.74) is 2.51. The average molecular weight is 404 g/mol. The number of nitrogens with zero attached hydrogens (tertiary/aromatic N) is 1. The lowest BCUT2D eigenvalue weighted by atomic mass is 10.1. The third-order valence-corrected chi connectivity index (χ3v) is 6.07. The topological polar surface area (TPSA) is 87.7 Å². The first kappa shape index (κ1) is 20.5. The molecule has 1 saturated heterocycles. The molecule has 1 aliphatic heterocycles. The van der Waals surface area contributed by atoms with E-state index in [4.69, 9.17) is 4.74 Å². The van der Waals surface area contributed by atoms with Crippen molar-refractivity contribution in [2.24, 2.45) is 0 Å². The predicted molar refractivity (Wildman–Crippen MR) is 106 cm³/mol. The molecule has 0 atom stereocenters. The van der Waals surface area contributed by atoms with Crippen molar-refractivity contribution in [3.8, 4) is 0 Å². The molecule has 1 amide bonds. The molecule has 28 heavy (non-hydrogen) atoms. The van der Waals surface area contributed by atoms with E-state index in [1.54, 1.807) is 12.1 Å². The van der Waals surface area contributed by atoms with E-state index >= 15 is 0 Å². The van der Waals surface area contributed by atoms with Gasteiger partial charge in [0.05, 0.1) is 18.1 Å². The lowest BCUT2D eigenvalue weighted by molar-refractivity contribution is 0.0342. The molecule has 0 saturated carbocycles. The van der Waals surface area contributed by atoms with Gasteiger partial charge in [0.1, 0.15) is 0 Å². The van der Waals surface area contributed by atoms with Gasteiger partial charge in [-0.2, -0.15) is 0 Å². The van der Waals surface area contributed by atoms with E-state index < -0.39 is 10.0 Å². The van der Waals surface area contributed by atoms with Crippen LogP contribution in [0.15, 0.2) is 53.4 Å². The second-order valence-electron chi connectivity index (χ2n) is 6.62. The van der Waals surface area contributed by atoms with Crippen molar-refractivity contribution >= 4 is 15.9 Å². The Bertz CT molecular complexity index is 907. The fourth-order valence-electron chi connectivity index (χ4n) is 2.99. The minimum Gasteiger partial charge on any atom is -0.379 e. The van der Waals surface area contributed by atoms with E-state index in [0.29, 0.717) is 12.1 Å². The largest absolute Gasteiger partial charge is 0.379 e. The Morgan fingerprint density at radius 1 is 1.07 bits per heavy atom. The summed E-state index contributed by atoms with van der Waals surface area (Å²) in [6, 6.07) is 14.1. The number of sulfonamides is 1. The van der Waals surface area contributed by atoms with E-state index in [2.05, 4.69) is 27.1 Å². The van der Waals surface area contributed by atoms with Crippen LogP contribution in [0, 0.1) is 0 Å². The first-order valence-electron chi connectivity index (χ1n) is 9.18. The molecule has 1 heterocycles. The van der Waals surface area contributed by atoms with Gasteiger partial charge < -0.3 is 10.1 Å². The van der Waals surface area contributed by atoms with E-state index in [0.717, 1.165) is 38.4 Å². The van der Waals surface area contributed by atoms with Gasteiger partial charge >= 0.3 is 0 Å². The van der Waals surface area contributed by atoms with Gasteiger partial charge in [0, 0.05) is 31.7 Å². The van der Waals surface area contributed by atoms with Crippen LogP contribution in [0.25, 0.3) is 0 Å². The zero-order valence-corrected chi connectivity index (χ0v) is 16.7.